The quantitative estimate of drug-likeness (QED) is 0.752. The lowest BCUT2D eigenvalue weighted by Gasteiger charge is -2.37. The normalized spacial score (nSPS) is 30.6. The SMILES string of the molecule is CNC1(C(=O)O)CCCC(OCC(C)C)C1. The second-order valence-electron chi connectivity index (χ2n) is 5.08. The molecule has 2 N–H and O–H groups in total. The molecule has 0 radical (unpaired) electrons. The van der Waals surface area contributed by atoms with Gasteiger partial charge in [-0.05, 0) is 32.2 Å². The van der Waals surface area contributed by atoms with Crippen LogP contribution in [0.25, 0.3) is 0 Å². The van der Waals surface area contributed by atoms with Crippen LogP contribution in [-0.2, 0) is 9.53 Å². The molecule has 0 heterocycles. The summed E-state index contributed by atoms with van der Waals surface area (Å²) in [6.07, 6.45) is 3.24. The Kier molecular flexibility index (Phi) is 4.74. The summed E-state index contributed by atoms with van der Waals surface area (Å²) in [5.74, 6) is -0.261. The Bertz CT molecular complexity index is 242. The van der Waals surface area contributed by atoms with Gasteiger partial charge in [-0.2, -0.15) is 0 Å². The fourth-order valence-electron chi connectivity index (χ4n) is 2.22. The van der Waals surface area contributed by atoms with Gasteiger partial charge in [0.15, 0.2) is 0 Å². The number of hydrogen-bond acceptors (Lipinski definition) is 3. The Morgan fingerprint density at radius 2 is 2.31 bits per heavy atom. The molecule has 1 aliphatic rings. The Labute approximate surface area is 97.4 Å². The summed E-state index contributed by atoms with van der Waals surface area (Å²) in [7, 11) is 1.72. The Morgan fingerprint density at radius 1 is 1.62 bits per heavy atom. The van der Waals surface area contributed by atoms with Gasteiger partial charge in [0.1, 0.15) is 5.54 Å². The molecule has 0 saturated heterocycles. The molecule has 0 aromatic heterocycles. The summed E-state index contributed by atoms with van der Waals surface area (Å²) in [5, 5.41) is 12.2. The zero-order chi connectivity index (χ0) is 12.2. The molecule has 0 amide bonds. The van der Waals surface area contributed by atoms with E-state index in [0.29, 0.717) is 25.4 Å². The van der Waals surface area contributed by atoms with E-state index >= 15 is 0 Å². The lowest BCUT2D eigenvalue weighted by atomic mass is 9.80. The summed E-state index contributed by atoms with van der Waals surface area (Å²) in [4.78, 5) is 11.3. The minimum atomic E-state index is -0.778. The van der Waals surface area contributed by atoms with E-state index in [1.807, 2.05) is 0 Å². The van der Waals surface area contributed by atoms with E-state index in [4.69, 9.17) is 4.74 Å². The van der Waals surface area contributed by atoms with Crippen molar-refractivity contribution in [3.8, 4) is 0 Å². The zero-order valence-corrected chi connectivity index (χ0v) is 10.5. The van der Waals surface area contributed by atoms with Crippen molar-refractivity contribution in [2.75, 3.05) is 13.7 Å². The standard InChI is InChI=1S/C12H23NO3/c1-9(2)8-16-10-5-4-6-12(7-10,13-3)11(14)15/h9-10,13H,4-8H2,1-3H3,(H,14,15). The van der Waals surface area contributed by atoms with Crippen LogP contribution in [0.5, 0.6) is 0 Å². The number of carbonyl (C=O) groups is 1. The predicted molar refractivity (Wildman–Crippen MR) is 62.5 cm³/mol. The van der Waals surface area contributed by atoms with Gasteiger partial charge in [0.2, 0.25) is 0 Å². The number of nitrogens with one attached hydrogen (secondary N) is 1. The topological polar surface area (TPSA) is 58.6 Å². The van der Waals surface area contributed by atoms with Gasteiger partial charge in [-0.1, -0.05) is 13.8 Å². The van der Waals surface area contributed by atoms with Crippen molar-refractivity contribution >= 4 is 5.97 Å². The van der Waals surface area contributed by atoms with Crippen LogP contribution in [-0.4, -0.2) is 36.4 Å². The average molecular weight is 229 g/mol. The molecule has 0 aliphatic heterocycles. The van der Waals surface area contributed by atoms with Crippen LogP contribution in [0.15, 0.2) is 0 Å². The van der Waals surface area contributed by atoms with E-state index in [9.17, 15) is 9.90 Å². The first kappa shape index (κ1) is 13.5. The van der Waals surface area contributed by atoms with Gasteiger partial charge >= 0.3 is 5.97 Å². The Morgan fingerprint density at radius 3 is 2.81 bits per heavy atom. The third kappa shape index (κ3) is 3.19. The van der Waals surface area contributed by atoms with E-state index in [-0.39, 0.29) is 6.10 Å². The summed E-state index contributed by atoms with van der Waals surface area (Å²) < 4.78 is 5.75. The number of aliphatic carboxylic acids is 1. The fourth-order valence-corrected chi connectivity index (χ4v) is 2.22. The van der Waals surface area contributed by atoms with Crippen molar-refractivity contribution in [2.45, 2.75) is 51.2 Å². The van der Waals surface area contributed by atoms with Crippen LogP contribution in [0.3, 0.4) is 0 Å². The number of carboxylic acid groups (broad SMARTS) is 1. The van der Waals surface area contributed by atoms with Crippen LogP contribution < -0.4 is 5.32 Å². The molecule has 1 saturated carbocycles. The summed E-state index contributed by atoms with van der Waals surface area (Å²) in [6, 6.07) is 0. The van der Waals surface area contributed by atoms with Gasteiger partial charge < -0.3 is 15.2 Å². The average Bonchev–Trinajstić information content (AvgIpc) is 2.26. The maximum absolute atomic E-state index is 11.3. The highest BCUT2D eigenvalue weighted by Crippen LogP contribution is 2.30. The van der Waals surface area contributed by atoms with E-state index < -0.39 is 11.5 Å². The van der Waals surface area contributed by atoms with Crippen molar-refractivity contribution in [3.63, 3.8) is 0 Å². The van der Waals surface area contributed by atoms with E-state index in [1.165, 1.54) is 0 Å². The molecule has 16 heavy (non-hydrogen) atoms. The maximum Gasteiger partial charge on any atom is 0.323 e. The highest BCUT2D eigenvalue weighted by molar-refractivity contribution is 5.79. The molecule has 2 atom stereocenters. The molecule has 2 unspecified atom stereocenters. The number of carboxylic acids is 1. The Balaban J connectivity index is 2.54. The molecule has 0 bridgehead atoms. The first-order chi connectivity index (χ1) is 7.50. The van der Waals surface area contributed by atoms with Crippen LogP contribution in [0.4, 0.5) is 0 Å². The van der Waals surface area contributed by atoms with Gasteiger partial charge in [0, 0.05) is 13.0 Å². The fraction of sp³-hybridized carbons (Fsp3) is 0.917. The van der Waals surface area contributed by atoms with Crippen LogP contribution >= 0.6 is 0 Å². The number of rotatable bonds is 5. The van der Waals surface area contributed by atoms with Gasteiger partial charge in [0.05, 0.1) is 6.10 Å². The largest absolute Gasteiger partial charge is 0.480 e. The van der Waals surface area contributed by atoms with Crippen molar-refractivity contribution in [3.05, 3.63) is 0 Å². The van der Waals surface area contributed by atoms with Crippen LogP contribution in [0.1, 0.15) is 39.5 Å². The summed E-state index contributed by atoms with van der Waals surface area (Å²) in [6.45, 7) is 4.92. The predicted octanol–water partition coefficient (Wildman–Crippen LogP) is 1.64. The van der Waals surface area contributed by atoms with Gasteiger partial charge in [-0.25, -0.2) is 0 Å². The van der Waals surface area contributed by atoms with Crippen LogP contribution in [0.2, 0.25) is 0 Å². The monoisotopic (exact) mass is 229 g/mol. The molecule has 0 spiro atoms. The van der Waals surface area contributed by atoms with Crippen molar-refractivity contribution < 1.29 is 14.6 Å². The lowest BCUT2D eigenvalue weighted by molar-refractivity contribution is -0.149. The second-order valence-corrected chi connectivity index (χ2v) is 5.08. The third-order valence-corrected chi connectivity index (χ3v) is 3.26. The first-order valence-electron chi connectivity index (χ1n) is 6.04. The van der Waals surface area contributed by atoms with Gasteiger partial charge in [-0.15, -0.1) is 0 Å². The van der Waals surface area contributed by atoms with Crippen molar-refractivity contribution in [1.29, 1.82) is 0 Å². The summed E-state index contributed by atoms with van der Waals surface area (Å²) >= 11 is 0. The molecule has 4 nitrogen and oxygen atoms in total. The number of likely N-dealkylation sites (N-methyl/N-ethyl adjacent to an activating group) is 1. The second kappa shape index (κ2) is 5.64. The van der Waals surface area contributed by atoms with E-state index in [0.717, 1.165) is 12.8 Å². The molecule has 1 aliphatic carbocycles. The highest BCUT2D eigenvalue weighted by atomic mass is 16.5. The number of hydrogen-bond donors (Lipinski definition) is 2. The van der Waals surface area contributed by atoms with Crippen LogP contribution in [0, 0.1) is 5.92 Å². The minimum Gasteiger partial charge on any atom is -0.480 e. The molecule has 0 aromatic rings. The smallest absolute Gasteiger partial charge is 0.323 e. The maximum atomic E-state index is 11.3. The molecular formula is C12H23NO3. The molecular weight excluding hydrogens is 206 g/mol. The van der Waals surface area contributed by atoms with Gasteiger partial charge in [-0.3, -0.25) is 4.79 Å². The highest BCUT2D eigenvalue weighted by Gasteiger charge is 2.42. The molecule has 1 rings (SSSR count). The Hall–Kier alpha value is -0.610. The lowest BCUT2D eigenvalue weighted by Crippen LogP contribution is -2.54. The van der Waals surface area contributed by atoms with E-state index in [2.05, 4.69) is 19.2 Å². The molecule has 94 valence electrons. The van der Waals surface area contributed by atoms with Gasteiger partial charge in [0.25, 0.3) is 0 Å². The third-order valence-electron chi connectivity index (χ3n) is 3.26. The van der Waals surface area contributed by atoms with Crippen molar-refractivity contribution in [2.24, 2.45) is 5.92 Å². The first-order valence-corrected chi connectivity index (χ1v) is 6.04. The van der Waals surface area contributed by atoms with E-state index in [1.54, 1.807) is 7.05 Å². The molecule has 1 fully saturated rings. The number of ether oxygens (including phenoxy) is 1. The molecule has 0 aromatic carbocycles. The van der Waals surface area contributed by atoms with Crippen molar-refractivity contribution in [1.82, 2.24) is 5.32 Å². The zero-order valence-electron chi connectivity index (χ0n) is 10.5. The summed E-state index contributed by atoms with van der Waals surface area (Å²) in [5.41, 5.74) is -0.778. The molecule has 4 heteroatoms. The minimum absolute atomic E-state index is 0.0831.